The van der Waals surface area contributed by atoms with E-state index in [9.17, 15) is 0 Å². The van der Waals surface area contributed by atoms with E-state index in [2.05, 4.69) is 72.7 Å². The second kappa shape index (κ2) is 5.51. The van der Waals surface area contributed by atoms with E-state index in [1.165, 1.54) is 27.6 Å². The van der Waals surface area contributed by atoms with Gasteiger partial charge in [-0.05, 0) is 42.7 Å². The van der Waals surface area contributed by atoms with Crippen molar-refractivity contribution >= 4 is 10.9 Å². The minimum atomic E-state index is 0.352. The molecule has 2 N–H and O–H groups in total. The van der Waals surface area contributed by atoms with E-state index in [0.29, 0.717) is 6.04 Å². The highest BCUT2D eigenvalue weighted by Crippen LogP contribution is 2.20. The number of aromatic nitrogens is 1. The van der Waals surface area contributed by atoms with Crippen molar-refractivity contribution < 1.29 is 0 Å². The Kier molecular flexibility index (Phi) is 3.57. The van der Waals surface area contributed by atoms with Crippen LogP contribution in [-0.4, -0.2) is 4.98 Å². The van der Waals surface area contributed by atoms with Gasteiger partial charge < -0.3 is 10.3 Å². The molecular weight excluding hydrogens is 244 g/mol. The predicted octanol–water partition coefficient (Wildman–Crippen LogP) is 4.33. The number of benzene rings is 2. The molecule has 1 heterocycles. The molecule has 0 radical (unpaired) electrons. The second-order valence-corrected chi connectivity index (χ2v) is 5.32. The van der Waals surface area contributed by atoms with Crippen molar-refractivity contribution in [2.45, 2.75) is 26.4 Å². The highest BCUT2D eigenvalue weighted by molar-refractivity contribution is 5.82. The summed E-state index contributed by atoms with van der Waals surface area (Å²) in [4.78, 5) is 3.26. The molecule has 3 aromatic rings. The van der Waals surface area contributed by atoms with Crippen LogP contribution in [0.25, 0.3) is 10.9 Å². The van der Waals surface area contributed by atoms with Crippen LogP contribution in [0, 0.1) is 6.92 Å². The summed E-state index contributed by atoms with van der Waals surface area (Å²) < 4.78 is 0. The van der Waals surface area contributed by atoms with Gasteiger partial charge in [-0.3, -0.25) is 0 Å². The first-order valence-electron chi connectivity index (χ1n) is 7.09. The molecule has 2 nitrogen and oxygen atoms in total. The van der Waals surface area contributed by atoms with Gasteiger partial charge in [0.2, 0.25) is 0 Å². The van der Waals surface area contributed by atoms with Gasteiger partial charge in [-0.2, -0.15) is 0 Å². The van der Waals surface area contributed by atoms with Crippen molar-refractivity contribution in [1.82, 2.24) is 10.3 Å². The molecule has 0 saturated carbocycles. The fourth-order valence-electron chi connectivity index (χ4n) is 2.75. The molecule has 1 atom stereocenters. The Morgan fingerprint density at radius 2 is 1.90 bits per heavy atom. The van der Waals surface area contributed by atoms with Gasteiger partial charge in [-0.25, -0.2) is 0 Å². The van der Waals surface area contributed by atoms with Crippen molar-refractivity contribution in [1.29, 1.82) is 0 Å². The maximum Gasteiger partial charge on any atom is 0.0457 e. The fraction of sp³-hybridized carbons (Fsp3) is 0.222. The third-order valence-electron chi connectivity index (χ3n) is 3.94. The molecular formula is C18H20N2. The number of aromatic amines is 1. The Balaban J connectivity index is 1.76. The Morgan fingerprint density at radius 3 is 2.75 bits per heavy atom. The van der Waals surface area contributed by atoms with Crippen LogP contribution in [0.15, 0.2) is 54.7 Å². The van der Waals surface area contributed by atoms with Gasteiger partial charge in [-0.15, -0.1) is 0 Å². The minimum Gasteiger partial charge on any atom is -0.361 e. The van der Waals surface area contributed by atoms with Crippen LogP contribution in [-0.2, 0) is 6.54 Å². The quantitative estimate of drug-likeness (QED) is 0.721. The molecule has 102 valence electrons. The first-order chi connectivity index (χ1) is 9.75. The zero-order valence-corrected chi connectivity index (χ0v) is 12.0. The molecule has 0 spiro atoms. The third-order valence-corrected chi connectivity index (χ3v) is 3.94. The van der Waals surface area contributed by atoms with Crippen LogP contribution in [0.5, 0.6) is 0 Å². The Hall–Kier alpha value is -2.06. The third kappa shape index (κ3) is 2.47. The highest BCUT2D eigenvalue weighted by atomic mass is 14.9. The number of fused-ring (bicyclic) bond motifs is 1. The zero-order valence-electron chi connectivity index (χ0n) is 12.0. The summed E-state index contributed by atoms with van der Waals surface area (Å²) in [5.41, 5.74) is 5.25. The van der Waals surface area contributed by atoms with Crippen LogP contribution in [0.1, 0.15) is 29.7 Å². The average molecular weight is 264 g/mol. The van der Waals surface area contributed by atoms with E-state index in [0.717, 1.165) is 6.54 Å². The molecule has 2 aromatic carbocycles. The van der Waals surface area contributed by atoms with E-state index in [1.807, 2.05) is 6.20 Å². The normalized spacial score (nSPS) is 12.7. The molecule has 1 unspecified atom stereocenters. The van der Waals surface area contributed by atoms with E-state index in [4.69, 9.17) is 0 Å². The van der Waals surface area contributed by atoms with Crippen molar-refractivity contribution in [3.05, 3.63) is 71.4 Å². The maximum atomic E-state index is 3.62. The lowest BCUT2D eigenvalue weighted by atomic mass is 10.0. The molecule has 1 aromatic heterocycles. The number of aryl methyl sites for hydroxylation is 1. The molecule has 0 amide bonds. The molecule has 20 heavy (non-hydrogen) atoms. The summed E-state index contributed by atoms with van der Waals surface area (Å²) in [6, 6.07) is 17.5. The number of nitrogens with one attached hydrogen (secondary N) is 2. The highest BCUT2D eigenvalue weighted by Gasteiger charge is 2.08. The lowest BCUT2D eigenvalue weighted by Crippen LogP contribution is -2.18. The molecule has 2 heteroatoms. The Labute approximate surface area is 119 Å². The standard InChI is InChI=1S/C18H20N2/c1-13-6-3-4-8-16(13)14(2)20-12-15-7-5-9-18-17(15)10-11-19-18/h3-11,14,19-20H,12H2,1-2H3. The van der Waals surface area contributed by atoms with Gasteiger partial charge in [0.15, 0.2) is 0 Å². The van der Waals surface area contributed by atoms with Crippen LogP contribution < -0.4 is 5.32 Å². The Bertz CT molecular complexity index is 712. The Morgan fingerprint density at radius 1 is 1.05 bits per heavy atom. The molecule has 0 aliphatic heterocycles. The van der Waals surface area contributed by atoms with Gasteiger partial charge in [0.05, 0.1) is 0 Å². The van der Waals surface area contributed by atoms with Gasteiger partial charge in [0.1, 0.15) is 0 Å². The smallest absolute Gasteiger partial charge is 0.0457 e. The summed E-state index contributed by atoms with van der Waals surface area (Å²) in [5.74, 6) is 0. The number of rotatable bonds is 4. The molecule has 0 saturated heterocycles. The first kappa shape index (κ1) is 12.9. The monoisotopic (exact) mass is 264 g/mol. The first-order valence-corrected chi connectivity index (χ1v) is 7.09. The van der Waals surface area contributed by atoms with Crippen LogP contribution >= 0.6 is 0 Å². The number of H-pyrrole nitrogens is 1. The van der Waals surface area contributed by atoms with Crippen molar-refractivity contribution in [2.75, 3.05) is 0 Å². The maximum absolute atomic E-state index is 3.62. The molecule has 3 rings (SSSR count). The molecule has 0 bridgehead atoms. The van der Waals surface area contributed by atoms with Crippen LogP contribution in [0.4, 0.5) is 0 Å². The van der Waals surface area contributed by atoms with E-state index < -0.39 is 0 Å². The molecule has 0 aliphatic carbocycles. The fourth-order valence-corrected chi connectivity index (χ4v) is 2.75. The summed E-state index contributed by atoms with van der Waals surface area (Å²) in [6.45, 7) is 5.27. The molecule has 0 fully saturated rings. The number of hydrogen-bond acceptors (Lipinski definition) is 1. The summed E-state index contributed by atoms with van der Waals surface area (Å²) >= 11 is 0. The van der Waals surface area contributed by atoms with Gasteiger partial charge in [-0.1, -0.05) is 36.4 Å². The van der Waals surface area contributed by atoms with Crippen molar-refractivity contribution in [3.8, 4) is 0 Å². The summed E-state index contributed by atoms with van der Waals surface area (Å²) in [6.07, 6.45) is 2.00. The lowest BCUT2D eigenvalue weighted by Gasteiger charge is -2.17. The lowest BCUT2D eigenvalue weighted by molar-refractivity contribution is 0.574. The second-order valence-electron chi connectivity index (χ2n) is 5.32. The topological polar surface area (TPSA) is 27.8 Å². The summed E-state index contributed by atoms with van der Waals surface area (Å²) in [7, 11) is 0. The van der Waals surface area contributed by atoms with E-state index in [-0.39, 0.29) is 0 Å². The molecule has 0 aliphatic rings. The van der Waals surface area contributed by atoms with Crippen molar-refractivity contribution in [3.63, 3.8) is 0 Å². The summed E-state index contributed by atoms with van der Waals surface area (Å²) in [5, 5.41) is 4.93. The van der Waals surface area contributed by atoms with Crippen LogP contribution in [0.3, 0.4) is 0 Å². The van der Waals surface area contributed by atoms with Gasteiger partial charge >= 0.3 is 0 Å². The zero-order chi connectivity index (χ0) is 13.9. The predicted molar refractivity (Wildman–Crippen MR) is 84.7 cm³/mol. The van der Waals surface area contributed by atoms with Crippen LogP contribution in [0.2, 0.25) is 0 Å². The van der Waals surface area contributed by atoms with Gasteiger partial charge in [0.25, 0.3) is 0 Å². The largest absolute Gasteiger partial charge is 0.361 e. The minimum absolute atomic E-state index is 0.352. The van der Waals surface area contributed by atoms with E-state index >= 15 is 0 Å². The van der Waals surface area contributed by atoms with E-state index in [1.54, 1.807) is 0 Å². The average Bonchev–Trinajstić information content (AvgIpc) is 2.94. The SMILES string of the molecule is Cc1ccccc1C(C)NCc1cccc2[nH]ccc12. The number of hydrogen-bond donors (Lipinski definition) is 2. The van der Waals surface area contributed by atoms with Crippen molar-refractivity contribution in [2.24, 2.45) is 0 Å². The van der Waals surface area contributed by atoms with Gasteiger partial charge in [0, 0.05) is 29.7 Å².